The van der Waals surface area contributed by atoms with E-state index in [0.29, 0.717) is 16.7 Å². The van der Waals surface area contributed by atoms with Crippen LogP contribution in [0, 0.1) is 22.2 Å². The maximum Gasteiger partial charge on any atom is -0.00767 e. The highest BCUT2D eigenvalue weighted by Crippen LogP contribution is 2.47. The Labute approximate surface area is 112 Å². The lowest BCUT2D eigenvalue weighted by Gasteiger charge is -2.42. The van der Waals surface area contributed by atoms with Crippen molar-refractivity contribution in [2.45, 2.75) is 68.7 Å². The van der Waals surface area contributed by atoms with Gasteiger partial charge in [0.1, 0.15) is 0 Å². The molecule has 0 saturated carbocycles. The third-order valence-corrected chi connectivity index (χ3v) is 5.49. The van der Waals surface area contributed by atoms with Crippen LogP contribution in [-0.4, -0.2) is 0 Å². The molecule has 0 heterocycles. The van der Waals surface area contributed by atoms with Gasteiger partial charge in [0, 0.05) is 0 Å². The van der Waals surface area contributed by atoms with E-state index in [2.05, 4.69) is 77.6 Å². The topological polar surface area (TPSA) is 0 Å². The van der Waals surface area contributed by atoms with Crippen molar-refractivity contribution < 1.29 is 0 Å². The summed E-state index contributed by atoms with van der Waals surface area (Å²) in [6.45, 7) is 21.0. The molecule has 0 aromatic heterocycles. The van der Waals surface area contributed by atoms with Crippen LogP contribution in [0.4, 0.5) is 0 Å². The summed E-state index contributed by atoms with van der Waals surface area (Å²) in [5.41, 5.74) is 0.872. The van der Waals surface area contributed by atoms with E-state index in [4.69, 9.17) is 0 Å². The zero-order valence-corrected chi connectivity index (χ0v) is 14.6. The van der Waals surface area contributed by atoms with Crippen LogP contribution in [0.25, 0.3) is 0 Å². The van der Waals surface area contributed by atoms with Gasteiger partial charge in [-0.15, -0.1) is 9.24 Å². The van der Waals surface area contributed by atoms with Crippen LogP contribution in [0.5, 0.6) is 0 Å². The van der Waals surface area contributed by atoms with E-state index < -0.39 is 0 Å². The van der Waals surface area contributed by atoms with Crippen molar-refractivity contribution in [3.63, 3.8) is 0 Å². The van der Waals surface area contributed by atoms with Gasteiger partial charge in [0.05, 0.1) is 0 Å². The molecule has 0 aromatic carbocycles. The highest BCUT2D eigenvalue weighted by Gasteiger charge is 2.36. The van der Waals surface area contributed by atoms with Gasteiger partial charge in [0.2, 0.25) is 0 Å². The minimum atomic E-state index is 0.232. The van der Waals surface area contributed by atoms with Gasteiger partial charge in [0.25, 0.3) is 0 Å². The largest absolute Gasteiger partial charge is 0.110 e. The van der Waals surface area contributed by atoms with Crippen LogP contribution < -0.4 is 0 Å². The maximum absolute atomic E-state index is 2.98. The third-order valence-electron chi connectivity index (χ3n) is 4.58. The molecule has 0 amide bonds. The molecule has 0 saturated heterocycles. The minimum Gasteiger partial charge on any atom is -0.110 e. The molecule has 0 radical (unpaired) electrons. The summed E-state index contributed by atoms with van der Waals surface area (Å²) in [6, 6.07) is 0. The van der Waals surface area contributed by atoms with Crippen molar-refractivity contribution in [3.05, 3.63) is 11.4 Å². The standard InChI is InChI=1S/C16H33P/c1-10-15(6,7)11-13(17)16(8,9)12(2)14(3,4)5/h11-12H,10,17H2,1-9H3/b13-11-. The number of hydrogen-bond acceptors (Lipinski definition) is 0. The summed E-state index contributed by atoms with van der Waals surface area (Å²) < 4.78 is 0. The number of allylic oxidation sites excluding steroid dienone is 2. The van der Waals surface area contributed by atoms with E-state index in [1.54, 1.807) is 0 Å². The molecule has 0 nitrogen and oxygen atoms in total. The van der Waals surface area contributed by atoms with E-state index in [9.17, 15) is 0 Å². The van der Waals surface area contributed by atoms with Gasteiger partial charge in [-0.25, -0.2) is 0 Å². The van der Waals surface area contributed by atoms with Gasteiger partial charge in [-0.2, -0.15) is 0 Å². The molecule has 0 fully saturated rings. The van der Waals surface area contributed by atoms with Gasteiger partial charge >= 0.3 is 0 Å². The van der Waals surface area contributed by atoms with Gasteiger partial charge in [0.15, 0.2) is 0 Å². The second-order valence-corrected chi connectivity index (χ2v) is 8.37. The summed E-state index contributed by atoms with van der Waals surface area (Å²) in [7, 11) is 2.98. The summed E-state index contributed by atoms with van der Waals surface area (Å²) >= 11 is 0. The smallest absolute Gasteiger partial charge is 0.00767 e. The molecule has 102 valence electrons. The van der Waals surface area contributed by atoms with Gasteiger partial charge < -0.3 is 0 Å². The molecule has 2 atom stereocenters. The van der Waals surface area contributed by atoms with Crippen LogP contribution in [0.2, 0.25) is 0 Å². The second kappa shape index (κ2) is 5.43. The Kier molecular flexibility index (Phi) is 5.49. The normalized spacial score (nSPS) is 17.2. The number of hydrogen-bond donors (Lipinski definition) is 0. The lowest BCUT2D eigenvalue weighted by Crippen LogP contribution is -2.33. The van der Waals surface area contributed by atoms with Crippen molar-refractivity contribution in [2.75, 3.05) is 0 Å². The van der Waals surface area contributed by atoms with E-state index >= 15 is 0 Å². The Hall–Kier alpha value is 0.170. The summed E-state index contributed by atoms with van der Waals surface area (Å²) in [5, 5.41) is 1.45. The lowest BCUT2D eigenvalue weighted by molar-refractivity contribution is 0.140. The molecule has 0 aliphatic carbocycles. The Morgan fingerprint density at radius 2 is 1.47 bits per heavy atom. The first-order valence-corrected chi connectivity index (χ1v) is 7.41. The van der Waals surface area contributed by atoms with E-state index in [1.807, 2.05) is 0 Å². The van der Waals surface area contributed by atoms with Gasteiger partial charge in [-0.05, 0) is 33.9 Å². The first-order chi connectivity index (χ1) is 7.34. The Balaban J connectivity index is 5.20. The quantitative estimate of drug-likeness (QED) is 0.550. The van der Waals surface area contributed by atoms with Crippen LogP contribution in [0.15, 0.2) is 11.4 Å². The van der Waals surface area contributed by atoms with E-state index in [1.165, 1.54) is 11.7 Å². The molecule has 17 heavy (non-hydrogen) atoms. The zero-order chi connectivity index (χ0) is 14.1. The Morgan fingerprint density at radius 1 is 1.06 bits per heavy atom. The summed E-state index contributed by atoms with van der Waals surface area (Å²) in [6.07, 6.45) is 3.63. The zero-order valence-electron chi connectivity index (χ0n) is 13.4. The molecule has 0 spiro atoms. The molecule has 0 aromatic rings. The monoisotopic (exact) mass is 256 g/mol. The SMILES string of the molecule is CCC(C)(C)/C=C(\P)C(C)(C)C(C)C(C)(C)C. The molecule has 1 heteroatoms. The number of rotatable bonds is 4. The van der Waals surface area contributed by atoms with Crippen LogP contribution in [0.1, 0.15) is 68.7 Å². The predicted octanol–water partition coefficient (Wildman–Crippen LogP) is 5.89. The Morgan fingerprint density at radius 3 is 1.76 bits per heavy atom. The van der Waals surface area contributed by atoms with Crippen molar-refractivity contribution >= 4 is 9.24 Å². The van der Waals surface area contributed by atoms with Crippen LogP contribution >= 0.6 is 9.24 Å². The Bertz CT molecular complexity index is 276. The molecule has 0 bridgehead atoms. The fraction of sp³-hybridized carbons (Fsp3) is 0.875. The lowest BCUT2D eigenvalue weighted by atomic mass is 9.66. The first kappa shape index (κ1) is 17.2. The predicted molar refractivity (Wildman–Crippen MR) is 84.3 cm³/mol. The molecular formula is C16H33P. The van der Waals surface area contributed by atoms with Crippen LogP contribution in [0.3, 0.4) is 0 Å². The van der Waals surface area contributed by atoms with Crippen molar-refractivity contribution in [3.8, 4) is 0 Å². The fourth-order valence-corrected chi connectivity index (χ4v) is 2.74. The van der Waals surface area contributed by atoms with Crippen molar-refractivity contribution in [1.82, 2.24) is 0 Å². The highest BCUT2D eigenvalue weighted by molar-refractivity contribution is 7.22. The second-order valence-electron chi connectivity index (χ2n) is 7.75. The average Bonchev–Trinajstić information content (AvgIpc) is 2.14. The van der Waals surface area contributed by atoms with Crippen LogP contribution in [-0.2, 0) is 0 Å². The molecular weight excluding hydrogens is 223 g/mol. The molecule has 0 N–H and O–H groups in total. The summed E-state index contributed by atoms with van der Waals surface area (Å²) in [5.74, 6) is 0.645. The minimum absolute atomic E-state index is 0.232. The van der Waals surface area contributed by atoms with E-state index in [0.717, 1.165) is 0 Å². The first-order valence-electron chi connectivity index (χ1n) is 6.83. The average molecular weight is 256 g/mol. The van der Waals surface area contributed by atoms with Gasteiger partial charge in [-0.3, -0.25) is 0 Å². The molecule has 0 rings (SSSR count). The molecule has 0 aliphatic heterocycles. The molecule has 2 unspecified atom stereocenters. The van der Waals surface area contributed by atoms with Gasteiger partial charge in [-0.1, -0.05) is 68.4 Å². The van der Waals surface area contributed by atoms with Crippen molar-refractivity contribution in [1.29, 1.82) is 0 Å². The van der Waals surface area contributed by atoms with E-state index in [-0.39, 0.29) is 5.41 Å². The third kappa shape index (κ3) is 4.74. The highest BCUT2D eigenvalue weighted by atomic mass is 31.0. The van der Waals surface area contributed by atoms with Crippen molar-refractivity contribution in [2.24, 2.45) is 22.2 Å². The molecule has 0 aliphatic rings. The summed E-state index contributed by atoms with van der Waals surface area (Å²) in [4.78, 5) is 0. The fourth-order valence-electron chi connectivity index (χ4n) is 2.04. The maximum atomic E-state index is 2.98.